The second-order valence-corrected chi connectivity index (χ2v) is 8.42. The largest absolute Gasteiger partial charge is 0.462 e. The molecule has 1 saturated carbocycles. The van der Waals surface area contributed by atoms with Gasteiger partial charge in [-0.1, -0.05) is 29.8 Å². The van der Waals surface area contributed by atoms with Crippen LogP contribution in [0.3, 0.4) is 0 Å². The van der Waals surface area contributed by atoms with Crippen molar-refractivity contribution in [2.24, 2.45) is 17.8 Å². The minimum atomic E-state index is -0.602. The zero-order valence-electron chi connectivity index (χ0n) is 13.7. The molecule has 6 atom stereocenters. The van der Waals surface area contributed by atoms with Crippen molar-refractivity contribution in [1.82, 2.24) is 0 Å². The summed E-state index contributed by atoms with van der Waals surface area (Å²) in [5, 5.41) is 0. The van der Waals surface area contributed by atoms with Gasteiger partial charge in [0.2, 0.25) is 0 Å². The zero-order valence-corrected chi connectivity index (χ0v) is 15.3. The molecule has 1 aliphatic heterocycles. The van der Waals surface area contributed by atoms with Crippen molar-refractivity contribution >= 4 is 33.7 Å². The number of fused-ring (bicyclic) bond motifs is 2. The van der Waals surface area contributed by atoms with E-state index in [1.165, 1.54) is 6.92 Å². The van der Waals surface area contributed by atoms with Crippen LogP contribution in [0.4, 0.5) is 0 Å². The SMILES string of the molecule is CC(=O)OC1C2=C(C)C(=O)CC2(Br)C(C)CC2OC(=O)C(C)C21. The predicted octanol–water partition coefficient (Wildman–Crippen LogP) is 2.56. The molecule has 1 heterocycles. The first-order valence-corrected chi connectivity index (χ1v) is 8.77. The first kappa shape index (κ1) is 16.7. The van der Waals surface area contributed by atoms with Crippen molar-refractivity contribution in [1.29, 1.82) is 0 Å². The molecule has 0 aromatic carbocycles. The quantitative estimate of drug-likeness (QED) is 0.513. The van der Waals surface area contributed by atoms with Gasteiger partial charge in [0.15, 0.2) is 5.78 Å². The van der Waals surface area contributed by atoms with Crippen molar-refractivity contribution in [2.75, 3.05) is 0 Å². The fourth-order valence-corrected chi connectivity index (χ4v) is 5.30. The number of hydrogen-bond donors (Lipinski definition) is 0. The van der Waals surface area contributed by atoms with Crippen LogP contribution in [0.25, 0.3) is 0 Å². The van der Waals surface area contributed by atoms with Crippen LogP contribution in [0.15, 0.2) is 11.1 Å². The van der Waals surface area contributed by atoms with Gasteiger partial charge in [-0.05, 0) is 30.4 Å². The Hall–Kier alpha value is -1.17. The van der Waals surface area contributed by atoms with E-state index in [1.54, 1.807) is 6.92 Å². The van der Waals surface area contributed by atoms with Crippen molar-refractivity contribution < 1.29 is 23.9 Å². The number of ether oxygens (including phenoxy) is 2. The standard InChI is InChI=1S/C17H21BrO5/c1-7-5-12-13(9(3)16(21)23-12)15(22-10(4)19)14-8(2)11(20)6-17(7,14)18/h7,9,12-13,15H,5-6H2,1-4H3. The number of ketones is 1. The molecule has 2 fully saturated rings. The molecular weight excluding hydrogens is 364 g/mol. The van der Waals surface area contributed by atoms with E-state index in [2.05, 4.69) is 15.9 Å². The van der Waals surface area contributed by atoms with E-state index < -0.39 is 16.4 Å². The Kier molecular flexibility index (Phi) is 3.94. The minimum Gasteiger partial charge on any atom is -0.462 e. The van der Waals surface area contributed by atoms with Gasteiger partial charge in [0.25, 0.3) is 0 Å². The average Bonchev–Trinajstić information content (AvgIpc) is 2.80. The molecule has 0 aromatic heterocycles. The van der Waals surface area contributed by atoms with Gasteiger partial charge in [-0.2, -0.15) is 0 Å². The first-order valence-electron chi connectivity index (χ1n) is 7.98. The fraction of sp³-hybridized carbons (Fsp3) is 0.706. The highest BCUT2D eigenvalue weighted by molar-refractivity contribution is 9.10. The third-order valence-corrected chi connectivity index (χ3v) is 7.12. The van der Waals surface area contributed by atoms with Crippen molar-refractivity contribution in [3.05, 3.63) is 11.1 Å². The van der Waals surface area contributed by atoms with Crippen LogP contribution in [0.2, 0.25) is 0 Å². The van der Waals surface area contributed by atoms with Gasteiger partial charge in [0.1, 0.15) is 12.2 Å². The molecule has 3 aliphatic rings. The Morgan fingerprint density at radius 2 is 2.00 bits per heavy atom. The lowest BCUT2D eigenvalue weighted by atomic mass is 9.82. The molecular formula is C17H21BrO5. The summed E-state index contributed by atoms with van der Waals surface area (Å²) in [6.45, 7) is 6.99. The smallest absolute Gasteiger partial charge is 0.309 e. The normalized spacial score (nSPS) is 42.9. The number of hydrogen-bond acceptors (Lipinski definition) is 5. The van der Waals surface area contributed by atoms with E-state index in [9.17, 15) is 14.4 Å². The fourth-order valence-electron chi connectivity index (χ4n) is 4.33. The molecule has 1 saturated heterocycles. The van der Waals surface area contributed by atoms with Crippen LogP contribution in [-0.2, 0) is 23.9 Å². The molecule has 6 heteroatoms. The molecule has 6 unspecified atom stereocenters. The van der Waals surface area contributed by atoms with E-state index in [0.717, 1.165) is 5.57 Å². The summed E-state index contributed by atoms with van der Waals surface area (Å²) in [5.74, 6) is -1.12. The second-order valence-electron chi connectivity index (χ2n) is 7.01. The number of halogens is 1. The van der Waals surface area contributed by atoms with E-state index in [1.807, 2.05) is 13.8 Å². The monoisotopic (exact) mass is 384 g/mol. The zero-order chi connectivity index (χ0) is 17.1. The summed E-state index contributed by atoms with van der Waals surface area (Å²) >= 11 is 3.78. The summed E-state index contributed by atoms with van der Waals surface area (Å²) < 4.78 is 10.7. The van der Waals surface area contributed by atoms with Crippen LogP contribution in [0.1, 0.15) is 40.5 Å². The van der Waals surface area contributed by atoms with Crippen molar-refractivity contribution in [3.63, 3.8) is 0 Å². The van der Waals surface area contributed by atoms with E-state index in [-0.39, 0.29) is 35.6 Å². The molecule has 0 radical (unpaired) electrons. The van der Waals surface area contributed by atoms with Crippen molar-refractivity contribution in [2.45, 2.75) is 57.1 Å². The highest BCUT2D eigenvalue weighted by Crippen LogP contribution is 2.55. The molecule has 5 nitrogen and oxygen atoms in total. The van der Waals surface area contributed by atoms with Crippen LogP contribution < -0.4 is 0 Å². The maximum absolute atomic E-state index is 12.3. The van der Waals surface area contributed by atoms with Gasteiger partial charge >= 0.3 is 11.9 Å². The lowest BCUT2D eigenvalue weighted by Crippen LogP contribution is -2.39. The molecule has 3 rings (SSSR count). The number of Topliss-reactive ketones (excluding diaryl/α,β-unsaturated/α-hetero) is 1. The van der Waals surface area contributed by atoms with Crippen LogP contribution in [0, 0.1) is 17.8 Å². The Bertz CT molecular complexity index is 624. The Morgan fingerprint density at radius 3 is 2.61 bits per heavy atom. The predicted molar refractivity (Wildman–Crippen MR) is 85.9 cm³/mol. The minimum absolute atomic E-state index is 0.0669. The van der Waals surface area contributed by atoms with Crippen LogP contribution >= 0.6 is 15.9 Å². The van der Waals surface area contributed by atoms with Crippen LogP contribution in [-0.4, -0.2) is 34.3 Å². The van der Waals surface area contributed by atoms with Gasteiger partial charge in [-0.3, -0.25) is 14.4 Å². The first-order chi connectivity index (χ1) is 10.7. The summed E-state index contributed by atoms with van der Waals surface area (Å²) in [6, 6.07) is 0. The molecule has 0 aromatic rings. The van der Waals surface area contributed by atoms with Gasteiger partial charge in [-0.25, -0.2) is 0 Å². The molecule has 2 aliphatic carbocycles. The lowest BCUT2D eigenvalue weighted by Gasteiger charge is -2.34. The summed E-state index contributed by atoms with van der Waals surface area (Å²) in [5.41, 5.74) is 1.47. The molecule has 0 spiro atoms. The second kappa shape index (κ2) is 5.43. The number of alkyl halides is 1. The van der Waals surface area contributed by atoms with Crippen LogP contribution in [0.5, 0.6) is 0 Å². The van der Waals surface area contributed by atoms with Gasteiger partial charge in [0, 0.05) is 13.3 Å². The maximum atomic E-state index is 12.3. The molecule has 0 bridgehead atoms. The third-order valence-electron chi connectivity index (χ3n) is 5.63. The number of carbonyl (C=O) groups excluding carboxylic acids is 3. The van der Waals surface area contributed by atoms with Gasteiger partial charge in [0.05, 0.1) is 16.2 Å². The Balaban J connectivity index is 2.16. The molecule has 0 N–H and O–H groups in total. The molecule has 126 valence electrons. The number of carbonyl (C=O) groups is 3. The molecule has 23 heavy (non-hydrogen) atoms. The summed E-state index contributed by atoms with van der Waals surface area (Å²) in [4.78, 5) is 36.1. The Labute approximate surface area is 143 Å². The number of rotatable bonds is 1. The summed E-state index contributed by atoms with van der Waals surface area (Å²) in [7, 11) is 0. The van der Waals surface area contributed by atoms with Gasteiger partial charge < -0.3 is 9.47 Å². The molecule has 0 amide bonds. The van der Waals surface area contributed by atoms with E-state index >= 15 is 0 Å². The Morgan fingerprint density at radius 1 is 1.35 bits per heavy atom. The highest BCUT2D eigenvalue weighted by atomic mass is 79.9. The average molecular weight is 385 g/mol. The highest BCUT2D eigenvalue weighted by Gasteiger charge is 2.59. The third kappa shape index (κ3) is 2.37. The van der Waals surface area contributed by atoms with E-state index in [0.29, 0.717) is 18.4 Å². The van der Waals surface area contributed by atoms with Gasteiger partial charge in [-0.15, -0.1) is 0 Å². The van der Waals surface area contributed by atoms with Crippen molar-refractivity contribution in [3.8, 4) is 0 Å². The number of esters is 2. The summed E-state index contributed by atoms with van der Waals surface area (Å²) in [6.07, 6.45) is 0.116. The lowest BCUT2D eigenvalue weighted by molar-refractivity contribution is -0.148. The topological polar surface area (TPSA) is 69.7 Å². The maximum Gasteiger partial charge on any atom is 0.309 e. The van der Waals surface area contributed by atoms with E-state index in [4.69, 9.17) is 9.47 Å². The number of allylic oxidation sites excluding steroid dienone is 1.